The number of anilines is 1. The number of hydrogen-bond acceptors (Lipinski definition) is 6. The van der Waals surface area contributed by atoms with Crippen LogP contribution in [-0.2, 0) is 16.6 Å². The van der Waals surface area contributed by atoms with E-state index in [1.54, 1.807) is 31.3 Å². The van der Waals surface area contributed by atoms with Crippen molar-refractivity contribution in [1.29, 1.82) is 0 Å². The van der Waals surface area contributed by atoms with E-state index in [0.29, 0.717) is 28.5 Å². The monoisotopic (exact) mass is 448 g/mol. The number of hydrogen-bond donors (Lipinski definition) is 1. The van der Waals surface area contributed by atoms with Crippen molar-refractivity contribution in [2.75, 3.05) is 18.9 Å². The van der Waals surface area contributed by atoms with Crippen molar-refractivity contribution < 1.29 is 22.6 Å². The Kier molecular flexibility index (Phi) is 6.69. The minimum Gasteiger partial charge on any atom is -0.493 e. The number of nitrogens with one attached hydrogen (secondary N) is 1. The molecule has 0 saturated carbocycles. The number of halogens is 1. The van der Waals surface area contributed by atoms with Crippen molar-refractivity contribution in [2.45, 2.75) is 18.4 Å². The largest absolute Gasteiger partial charge is 0.493 e. The molecule has 0 atom stereocenters. The second-order valence-corrected chi connectivity index (χ2v) is 8.39. The lowest BCUT2D eigenvalue weighted by Crippen LogP contribution is -2.14. The lowest BCUT2D eigenvalue weighted by Gasteiger charge is -2.15. The summed E-state index contributed by atoms with van der Waals surface area (Å²) in [6.45, 7) is 1.93. The van der Waals surface area contributed by atoms with Gasteiger partial charge in [-0.05, 0) is 48.9 Å². The Bertz CT molecular complexity index is 1140. The molecule has 1 N–H and O–H groups in total. The summed E-state index contributed by atoms with van der Waals surface area (Å²) in [5.41, 5.74) is 1.57. The molecule has 0 fully saturated rings. The molecule has 1 aromatic heterocycles. The smallest absolute Gasteiger partial charge is 0.262 e. The van der Waals surface area contributed by atoms with Crippen molar-refractivity contribution in [1.82, 2.24) is 4.98 Å². The average Bonchev–Trinajstić information content (AvgIpc) is 2.73. The second-order valence-electron chi connectivity index (χ2n) is 6.33. The summed E-state index contributed by atoms with van der Waals surface area (Å²) in [4.78, 5) is 4.25. The van der Waals surface area contributed by atoms with Gasteiger partial charge >= 0.3 is 0 Å². The van der Waals surface area contributed by atoms with Gasteiger partial charge in [0.15, 0.2) is 11.5 Å². The zero-order chi connectivity index (χ0) is 21.7. The molecule has 0 bridgehead atoms. The number of pyridine rings is 1. The molecule has 0 unspecified atom stereocenters. The third-order valence-electron chi connectivity index (χ3n) is 4.26. The molecular weight excluding hydrogens is 428 g/mol. The Morgan fingerprint density at radius 1 is 1.00 bits per heavy atom. The number of ether oxygens (including phenoxy) is 3. The molecule has 0 spiro atoms. The van der Waals surface area contributed by atoms with Gasteiger partial charge in [-0.15, -0.1) is 0 Å². The van der Waals surface area contributed by atoms with Gasteiger partial charge in [-0.2, -0.15) is 0 Å². The summed E-state index contributed by atoms with van der Waals surface area (Å²) < 4.78 is 44.4. The summed E-state index contributed by atoms with van der Waals surface area (Å²) in [5.74, 6) is 1.19. The lowest BCUT2D eigenvalue weighted by atomic mass is 10.2. The van der Waals surface area contributed by atoms with E-state index in [1.807, 2.05) is 18.2 Å². The van der Waals surface area contributed by atoms with Gasteiger partial charge in [0.05, 0.1) is 35.5 Å². The molecule has 158 valence electrons. The first-order valence-electron chi connectivity index (χ1n) is 8.91. The van der Waals surface area contributed by atoms with E-state index in [0.717, 1.165) is 5.69 Å². The molecule has 0 aliphatic heterocycles. The highest BCUT2D eigenvalue weighted by molar-refractivity contribution is 7.92. The van der Waals surface area contributed by atoms with E-state index in [2.05, 4.69) is 9.71 Å². The van der Waals surface area contributed by atoms with E-state index in [4.69, 9.17) is 25.8 Å². The van der Waals surface area contributed by atoms with Gasteiger partial charge in [-0.3, -0.25) is 9.71 Å². The van der Waals surface area contributed by atoms with Crippen LogP contribution in [0.1, 0.15) is 11.3 Å². The van der Waals surface area contributed by atoms with Crippen LogP contribution in [0, 0.1) is 6.92 Å². The third-order valence-corrected chi connectivity index (χ3v) is 6.08. The Labute approximate surface area is 180 Å². The average molecular weight is 449 g/mol. The second kappa shape index (κ2) is 9.23. The maximum atomic E-state index is 12.9. The highest BCUT2D eigenvalue weighted by Gasteiger charge is 2.21. The Balaban J connectivity index is 1.79. The molecule has 0 amide bonds. The van der Waals surface area contributed by atoms with Gasteiger partial charge in [0, 0.05) is 12.3 Å². The molecule has 7 nitrogen and oxygen atoms in total. The Morgan fingerprint density at radius 3 is 2.37 bits per heavy atom. The number of aromatic nitrogens is 1. The molecular formula is C21H21ClN2O5S. The molecule has 0 aliphatic rings. The third kappa shape index (κ3) is 4.95. The quantitative estimate of drug-likeness (QED) is 0.548. The minimum atomic E-state index is -3.88. The van der Waals surface area contributed by atoms with Crippen molar-refractivity contribution >= 4 is 27.3 Å². The molecule has 3 rings (SSSR count). The van der Waals surface area contributed by atoms with Gasteiger partial charge in [-0.1, -0.05) is 17.7 Å². The van der Waals surface area contributed by atoms with Crippen LogP contribution in [0.2, 0.25) is 5.02 Å². The highest BCUT2D eigenvalue weighted by Crippen LogP contribution is 2.34. The molecule has 0 saturated heterocycles. The van der Waals surface area contributed by atoms with Crippen LogP contribution in [0.25, 0.3) is 0 Å². The van der Waals surface area contributed by atoms with Gasteiger partial charge < -0.3 is 14.2 Å². The first-order valence-corrected chi connectivity index (χ1v) is 10.8. The SMILES string of the molecule is COc1cc(C)c(S(=O)(=O)Nc2ccc(OCc3ccccn3)c(Cl)c2)cc1OC. The maximum absolute atomic E-state index is 12.9. The van der Waals surface area contributed by atoms with Crippen molar-refractivity contribution in [2.24, 2.45) is 0 Å². The van der Waals surface area contributed by atoms with Crippen LogP contribution in [0.15, 0.2) is 59.6 Å². The van der Waals surface area contributed by atoms with Crippen LogP contribution < -0.4 is 18.9 Å². The van der Waals surface area contributed by atoms with Gasteiger partial charge in [0.2, 0.25) is 0 Å². The number of aryl methyl sites for hydroxylation is 1. The van der Waals surface area contributed by atoms with Crippen LogP contribution in [0.5, 0.6) is 17.2 Å². The van der Waals surface area contributed by atoms with E-state index in [9.17, 15) is 8.42 Å². The van der Waals surface area contributed by atoms with E-state index in [1.165, 1.54) is 26.4 Å². The number of sulfonamides is 1. The first kappa shape index (κ1) is 21.7. The van der Waals surface area contributed by atoms with Crippen LogP contribution in [0.3, 0.4) is 0 Å². The number of rotatable bonds is 8. The molecule has 0 radical (unpaired) electrons. The summed E-state index contributed by atoms with van der Waals surface area (Å²) in [6, 6.07) is 13.2. The van der Waals surface area contributed by atoms with Crippen LogP contribution >= 0.6 is 11.6 Å². The van der Waals surface area contributed by atoms with Gasteiger partial charge in [0.25, 0.3) is 10.0 Å². The molecule has 30 heavy (non-hydrogen) atoms. The van der Waals surface area contributed by atoms with E-state index < -0.39 is 10.0 Å². The maximum Gasteiger partial charge on any atom is 0.262 e. The van der Waals surface area contributed by atoms with Gasteiger partial charge in [-0.25, -0.2) is 8.42 Å². The highest BCUT2D eigenvalue weighted by atomic mass is 35.5. The summed E-state index contributed by atoms with van der Waals surface area (Å²) in [6.07, 6.45) is 1.67. The van der Waals surface area contributed by atoms with Crippen molar-refractivity contribution in [3.05, 3.63) is 71.0 Å². The molecule has 9 heteroatoms. The standard InChI is InChI=1S/C21H21ClN2O5S/c1-14-10-19(27-2)20(28-3)12-21(14)30(25,26)24-15-7-8-18(17(22)11-15)29-13-16-6-4-5-9-23-16/h4-12,24H,13H2,1-3H3. The number of nitrogens with zero attached hydrogens (tertiary/aromatic N) is 1. The fourth-order valence-corrected chi connectivity index (χ4v) is 4.31. The van der Waals surface area contributed by atoms with Gasteiger partial charge in [0.1, 0.15) is 12.4 Å². The molecule has 1 heterocycles. The molecule has 2 aromatic carbocycles. The van der Waals surface area contributed by atoms with Crippen molar-refractivity contribution in [3.8, 4) is 17.2 Å². The summed E-state index contributed by atoms with van der Waals surface area (Å²) >= 11 is 6.27. The Morgan fingerprint density at radius 2 is 1.73 bits per heavy atom. The molecule has 0 aliphatic carbocycles. The summed E-state index contributed by atoms with van der Waals surface area (Å²) in [5, 5.41) is 0.273. The number of benzene rings is 2. The van der Waals surface area contributed by atoms with Crippen molar-refractivity contribution in [3.63, 3.8) is 0 Å². The zero-order valence-electron chi connectivity index (χ0n) is 16.7. The number of methoxy groups -OCH3 is 2. The van der Waals surface area contributed by atoms with Crippen LogP contribution in [0.4, 0.5) is 5.69 Å². The Hall–Kier alpha value is -2.97. The fourth-order valence-electron chi connectivity index (χ4n) is 2.78. The van der Waals surface area contributed by atoms with Crippen LogP contribution in [-0.4, -0.2) is 27.6 Å². The summed E-state index contributed by atoms with van der Waals surface area (Å²) in [7, 11) is -0.947. The fraction of sp³-hybridized carbons (Fsp3) is 0.190. The zero-order valence-corrected chi connectivity index (χ0v) is 18.3. The topological polar surface area (TPSA) is 86.8 Å². The minimum absolute atomic E-state index is 0.0757. The lowest BCUT2D eigenvalue weighted by molar-refractivity contribution is 0.301. The predicted molar refractivity (Wildman–Crippen MR) is 115 cm³/mol. The van der Waals surface area contributed by atoms with E-state index >= 15 is 0 Å². The first-order chi connectivity index (χ1) is 14.3. The predicted octanol–water partition coefficient (Wildman–Crippen LogP) is 4.44. The molecule has 3 aromatic rings. The normalized spacial score (nSPS) is 11.1. The van der Waals surface area contributed by atoms with E-state index in [-0.39, 0.29) is 16.5 Å².